The largest absolute Gasteiger partial charge is 0.394 e. The van der Waals surface area contributed by atoms with E-state index in [-0.39, 0.29) is 12.4 Å². The maximum absolute atomic E-state index is 13.2. The monoisotopic (exact) mass is 293 g/mol. The molecular weight excluding hydrogens is 277 g/mol. The maximum atomic E-state index is 13.2. The number of hydrogen-bond donors (Lipinski definition) is 2. The third kappa shape index (κ3) is 3.95. The van der Waals surface area contributed by atoms with Gasteiger partial charge in [-0.3, -0.25) is 0 Å². The summed E-state index contributed by atoms with van der Waals surface area (Å²) in [6.07, 6.45) is 0.608. The van der Waals surface area contributed by atoms with Crippen LogP contribution in [0.3, 0.4) is 0 Å². The Balaban J connectivity index is 2.14. The molecule has 0 spiro atoms. The highest BCUT2D eigenvalue weighted by Gasteiger charge is 2.23. The van der Waals surface area contributed by atoms with E-state index < -0.39 is 5.54 Å². The zero-order valence-electron chi connectivity index (χ0n) is 11.2. The van der Waals surface area contributed by atoms with Gasteiger partial charge in [-0.2, -0.15) is 0 Å². The quantitative estimate of drug-likeness (QED) is 0.877. The predicted octanol–water partition coefficient (Wildman–Crippen LogP) is 3.88. The fourth-order valence-electron chi connectivity index (χ4n) is 2.11. The standard InChI is InChI=1S/C16H17ClFNO/c1-16(11-20,10-12-5-7-13(17)8-6-12)19-15-4-2-3-14(18)9-15/h2-9,19-20H,10-11H2,1H3. The van der Waals surface area contributed by atoms with Crippen molar-refractivity contribution in [3.8, 4) is 0 Å². The fourth-order valence-corrected chi connectivity index (χ4v) is 2.23. The highest BCUT2D eigenvalue weighted by molar-refractivity contribution is 6.30. The van der Waals surface area contributed by atoms with Gasteiger partial charge in [-0.1, -0.05) is 29.8 Å². The lowest BCUT2D eigenvalue weighted by Crippen LogP contribution is -2.41. The topological polar surface area (TPSA) is 32.3 Å². The first-order valence-electron chi connectivity index (χ1n) is 6.40. The van der Waals surface area contributed by atoms with Gasteiger partial charge in [0, 0.05) is 10.7 Å². The molecule has 0 amide bonds. The van der Waals surface area contributed by atoms with Gasteiger partial charge in [0.15, 0.2) is 0 Å². The van der Waals surface area contributed by atoms with E-state index >= 15 is 0 Å². The van der Waals surface area contributed by atoms with Crippen LogP contribution in [0.5, 0.6) is 0 Å². The minimum Gasteiger partial charge on any atom is -0.394 e. The molecule has 0 saturated carbocycles. The second kappa shape index (κ2) is 6.25. The van der Waals surface area contributed by atoms with Crippen LogP contribution < -0.4 is 5.32 Å². The second-order valence-corrected chi connectivity index (χ2v) is 5.59. The summed E-state index contributed by atoms with van der Waals surface area (Å²) in [7, 11) is 0. The van der Waals surface area contributed by atoms with Gasteiger partial charge in [-0.15, -0.1) is 0 Å². The zero-order valence-corrected chi connectivity index (χ0v) is 12.0. The summed E-state index contributed by atoms with van der Waals surface area (Å²) in [6.45, 7) is 1.83. The third-order valence-corrected chi connectivity index (χ3v) is 3.38. The average molecular weight is 294 g/mol. The molecule has 0 fully saturated rings. The first kappa shape index (κ1) is 14.8. The Morgan fingerprint density at radius 1 is 1.20 bits per heavy atom. The van der Waals surface area contributed by atoms with Crippen LogP contribution in [0.4, 0.5) is 10.1 Å². The Hall–Kier alpha value is -1.58. The molecule has 2 nitrogen and oxygen atoms in total. The van der Waals surface area contributed by atoms with E-state index in [1.807, 2.05) is 31.2 Å². The summed E-state index contributed by atoms with van der Waals surface area (Å²) < 4.78 is 13.2. The molecule has 0 radical (unpaired) electrons. The lowest BCUT2D eigenvalue weighted by Gasteiger charge is -2.30. The Morgan fingerprint density at radius 2 is 1.90 bits per heavy atom. The molecule has 0 saturated heterocycles. The minimum absolute atomic E-state index is 0.0634. The second-order valence-electron chi connectivity index (χ2n) is 5.16. The molecule has 0 aliphatic carbocycles. The average Bonchev–Trinajstić information content (AvgIpc) is 2.41. The molecule has 2 N–H and O–H groups in total. The Morgan fingerprint density at radius 3 is 2.50 bits per heavy atom. The lowest BCUT2D eigenvalue weighted by molar-refractivity contribution is 0.222. The van der Waals surface area contributed by atoms with Gasteiger partial charge < -0.3 is 10.4 Å². The molecule has 4 heteroatoms. The first-order valence-corrected chi connectivity index (χ1v) is 6.78. The first-order chi connectivity index (χ1) is 9.50. The van der Waals surface area contributed by atoms with Gasteiger partial charge in [0.1, 0.15) is 5.82 Å². The fraction of sp³-hybridized carbons (Fsp3) is 0.250. The summed E-state index contributed by atoms with van der Waals surface area (Å²) in [5.74, 6) is -0.304. The van der Waals surface area contributed by atoms with Crippen LogP contribution in [0.25, 0.3) is 0 Å². The summed E-state index contributed by atoms with van der Waals surface area (Å²) in [4.78, 5) is 0. The van der Waals surface area contributed by atoms with Crippen molar-refractivity contribution < 1.29 is 9.50 Å². The summed E-state index contributed by atoms with van der Waals surface area (Å²) in [5, 5.41) is 13.5. The highest BCUT2D eigenvalue weighted by atomic mass is 35.5. The van der Waals surface area contributed by atoms with E-state index in [9.17, 15) is 9.50 Å². The molecule has 0 bridgehead atoms. The van der Waals surface area contributed by atoms with Gasteiger partial charge in [-0.25, -0.2) is 4.39 Å². The lowest BCUT2D eigenvalue weighted by atomic mass is 9.93. The van der Waals surface area contributed by atoms with E-state index in [1.165, 1.54) is 12.1 Å². The van der Waals surface area contributed by atoms with Gasteiger partial charge >= 0.3 is 0 Å². The molecule has 2 rings (SSSR count). The van der Waals surface area contributed by atoms with E-state index in [0.717, 1.165) is 5.56 Å². The SMILES string of the molecule is CC(CO)(Cc1ccc(Cl)cc1)Nc1cccc(F)c1. The number of aliphatic hydroxyl groups is 1. The number of halogens is 2. The van der Waals surface area contributed by atoms with Crippen molar-refractivity contribution >= 4 is 17.3 Å². The van der Waals surface area contributed by atoms with Crippen molar-refractivity contribution in [3.63, 3.8) is 0 Å². The highest BCUT2D eigenvalue weighted by Crippen LogP contribution is 2.21. The number of rotatable bonds is 5. The molecule has 0 aliphatic heterocycles. The van der Waals surface area contributed by atoms with Crippen LogP contribution >= 0.6 is 11.6 Å². The van der Waals surface area contributed by atoms with Gasteiger partial charge in [0.25, 0.3) is 0 Å². The molecule has 0 aliphatic rings. The van der Waals surface area contributed by atoms with Crippen molar-refractivity contribution in [2.24, 2.45) is 0 Å². The normalized spacial score (nSPS) is 13.8. The van der Waals surface area contributed by atoms with Crippen LogP contribution in [-0.2, 0) is 6.42 Å². The van der Waals surface area contributed by atoms with Gasteiger partial charge in [0.05, 0.1) is 12.1 Å². The summed E-state index contributed by atoms with van der Waals surface area (Å²) in [5.41, 5.74) is 1.13. The molecule has 106 valence electrons. The van der Waals surface area contributed by atoms with E-state index in [1.54, 1.807) is 12.1 Å². The van der Waals surface area contributed by atoms with Crippen LogP contribution in [0.15, 0.2) is 48.5 Å². The molecule has 1 unspecified atom stereocenters. The van der Waals surface area contributed by atoms with Gasteiger partial charge in [-0.05, 0) is 49.2 Å². The van der Waals surface area contributed by atoms with Crippen molar-refractivity contribution in [3.05, 3.63) is 64.9 Å². The number of anilines is 1. The maximum Gasteiger partial charge on any atom is 0.125 e. The molecule has 2 aromatic carbocycles. The Labute approximate surface area is 123 Å². The number of benzene rings is 2. The number of aliphatic hydroxyl groups excluding tert-OH is 1. The molecule has 1 atom stereocenters. The van der Waals surface area contributed by atoms with Crippen LogP contribution in [0.2, 0.25) is 5.02 Å². The van der Waals surface area contributed by atoms with Crippen molar-refractivity contribution in [2.45, 2.75) is 18.9 Å². The van der Waals surface area contributed by atoms with Crippen LogP contribution in [0, 0.1) is 5.82 Å². The van der Waals surface area contributed by atoms with Gasteiger partial charge in [0.2, 0.25) is 0 Å². The Bertz CT molecular complexity index is 573. The van der Waals surface area contributed by atoms with Crippen LogP contribution in [-0.4, -0.2) is 17.3 Å². The zero-order chi connectivity index (χ0) is 14.6. The summed E-state index contributed by atoms with van der Waals surface area (Å²) in [6, 6.07) is 13.7. The number of nitrogens with one attached hydrogen (secondary N) is 1. The molecule has 2 aromatic rings. The minimum atomic E-state index is -0.568. The molecular formula is C16H17ClFNO. The van der Waals surface area contributed by atoms with Crippen molar-refractivity contribution in [1.82, 2.24) is 0 Å². The van der Waals surface area contributed by atoms with E-state index in [2.05, 4.69) is 5.32 Å². The van der Waals surface area contributed by atoms with Crippen molar-refractivity contribution in [1.29, 1.82) is 0 Å². The van der Waals surface area contributed by atoms with Crippen LogP contribution in [0.1, 0.15) is 12.5 Å². The predicted molar refractivity (Wildman–Crippen MR) is 80.7 cm³/mol. The van der Waals surface area contributed by atoms with E-state index in [0.29, 0.717) is 17.1 Å². The molecule has 0 aromatic heterocycles. The third-order valence-electron chi connectivity index (χ3n) is 3.13. The summed E-state index contributed by atoms with van der Waals surface area (Å²) >= 11 is 5.86. The smallest absolute Gasteiger partial charge is 0.125 e. The Kier molecular flexibility index (Phi) is 4.63. The molecule has 20 heavy (non-hydrogen) atoms. The van der Waals surface area contributed by atoms with Crippen molar-refractivity contribution in [2.75, 3.05) is 11.9 Å². The molecule has 0 heterocycles. The van der Waals surface area contributed by atoms with E-state index in [4.69, 9.17) is 11.6 Å². The number of hydrogen-bond acceptors (Lipinski definition) is 2.